The first kappa shape index (κ1) is 22.3. The zero-order valence-corrected chi connectivity index (χ0v) is 16.5. The summed E-state index contributed by atoms with van der Waals surface area (Å²) < 4.78 is 70.8. The van der Waals surface area contributed by atoms with Crippen molar-refractivity contribution in [1.82, 2.24) is 0 Å². The van der Waals surface area contributed by atoms with Gasteiger partial charge in [-0.1, -0.05) is 0 Å². The molecule has 2 aromatic rings. The average molecular weight is 432 g/mol. The number of carbonyl (C=O) groups is 1. The van der Waals surface area contributed by atoms with Crippen LogP contribution in [-0.2, 0) is 14.8 Å². The molecular weight excluding hydrogens is 413 g/mol. The monoisotopic (exact) mass is 432 g/mol. The number of ether oxygens (including phenoxy) is 2. The highest BCUT2D eigenvalue weighted by atomic mass is 32.2. The number of nitrogens with zero attached hydrogens (tertiary/aromatic N) is 1. The van der Waals surface area contributed by atoms with Gasteiger partial charge in [0.05, 0.1) is 19.1 Å². The Bertz CT molecular complexity index is 945. The summed E-state index contributed by atoms with van der Waals surface area (Å²) >= 11 is 0. The predicted octanol–water partition coefficient (Wildman–Crippen LogP) is 3.39. The number of alkyl halides is 3. The van der Waals surface area contributed by atoms with Crippen molar-refractivity contribution in [3.63, 3.8) is 0 Å². The second-order valence-corrected chi connectivity index (χ2v) is 7.85. The van der Waals surface area contributed by atoms with Crippen molar-refractivity contribution < 1.29 is 35.9 Å². The number of rotatable bonds is 7. The molecule has 0 heterocycles. The SMILES string of the molecule is COc1ccc(N([C@@H](C)C(=O)Nc2ccc(OC(F)(F)F)cc2)S(C)(=O)=O)cc1. The number of methoxy groups -OCH3 is 1. The molecule has 1 amide bonds. The molecule has 0 aliphatic carbocycles. The number of amides is 1. The van der Waals surface area contributed by atoms with E-state index in [0.717, 1.165) is 22.7 Å². The molecule has 11 heteroatoms. The Balaban J connectivity index is 2.18. The summed E-state index contributed by atoms with van der Waals surface area (Å²) in [5.74, 6) is -0.601. The highest BCUT2D eigenvalue weighted by Gasteiger charge is 2.31. The summed E-state index contributed by atoms with van der Waals surface area (Å²) in [7, 11) is -2.35. The third-order valence-corrected chi connectivity index (χ3v) is 5.01. The Kier molecular flexibility index (Phi) is 6.62. The third-order valence-electron chi connectivity index (χ3n) is 3.77. The van der Waals surface area contributed by atoms with Crippen LogP contribution >= 0.6 is 0 Å². The van der Waals surface area contributed by atoms with Gasteiger partial charge in [0.2, 0.25) is 15.9 Å². The molecule has 0 saturated heterocycles. The molecule has 2 rings (SSSR count). The maximum Gasteiger partial charge on any atom is 0.573 e. The Hall–Kier alpha value is -2.95. The standard InChI is InChI=1S/C18H19F3N2O5S/c1-12(23(29(3,25)26)14-6-10-15(27-2)11-7-14)17(24)22-13-4-8-16(9-5-13)28-18(19,20)21/h4-12H,1-3H3,(H,22,24)/t12-/m0/s1. The van der Waals surface area contributed by atoms with Gasteiger partial charge in [0, 0.05) is 5.69 Å². The van der Waals surface area contributed by atoms with Gasteiger partial charge < -0.3 is 14.8 Å². The van der Waals surface area contributed by atoms with Crippen molar-refractivity contribution in [1.29, 1.82) is 0 Å². The third kappa shape index (κ3) is 6.28. The van der Waals surface area contributed by atoms with E-state index >= 15 is 0 Å². The van der Waals surface area contributed by atoms with Crippen LogP contribution in [0.15, 0.2) is 48.5 Å². The van der Waals surface area contributed by atoms with Crippen LogP contribution in [0.25, 0.3) is 0 Å². The van der Waals surface area contributed by atoms with Crippen LogP contribution in [-0.4, -0.2) is 40.1 Å². The Morgan fingerprint density at radius 2 is 1.55 bits per heavy atom. The minimum absolute atomic E-state index is 0.180. The maximum atomic E-state index is 12.6. The molecule has 0 aromatic heterocycles. The van der Waals surface area contributed by atoms with Gasteiger partial charge >= 0.3 is 6.36 Å². The van der Waals surface area contributed by atoms with Crippen molar-refractivity contribution in [2.75, 3.05) is 23.0 Å². The summed E-state index contributed by atoms with van der Waals surface area (Å²) in [4.78, 5) is 12.6. The average Bonchev–Trinajstić information content (AvgIpc) is 2.61. The molecule has 0 bridgehead atoms. The van der Waals surface area contributed by atoms with E-state index < -0.39 is 34.1 Å². The van der Waals surface area contributed by atoms with Crippen LogP contribution in [0.3, 0.4) is 0 Å². The summed E-state index contributed by atoms with van der Waals surface area (Å²) in [6.07, 6.45) is -3.86. The van der Waals surface area contributed by atoms with Gasteiger partial charge in [-0.3, -0.25) is 9.10 Å². The van der Waals surface area contributed by atoms with Crippen molar-refractivity contribution >= 4 is 27.3 Å². The van der Waals surface area contributed by atoms with E-state index in [1.165, 1.54) is 38.3 Å². The second-order valence-electron chi connectivity index (χ2n) is 5.99. The highest BCUT2D eigenvalue weighted by Crippen LogP contribution is 2.26. The Morgan fingerprint density at radius 1 is 1.03 bits per heavy atom. The zero-order chi connectivity index (χ0) is 21.8. The number of sulfonamides is 1. The highest BCUT2D eigenvalue weighted by molar-refractivity contribution is 7.92. The zero-order valence-electron chi connectivity index (χ0n) is 15.7. The molecule has 0 unspecified atom stereocenters. The lowest BCUT2D eigenvalue weighted by molar-refractivity contribution is -0.274. The lowest BCUT2D eigenvalue weighted by Crippen LogP contribution is -2.45. The molecular formula is C18H19F3N2O5S. The van der Waals surface area contributed by atoms with Gasteiger partial charge in [0.1, 0.15) is 17.5 Å². The van der Waals surface area contributed by atoms with Crippen molar-refractivity contribution in [2.45, 2.75) is 19.3 Å². The van der Waals surface area contributed by atoms with E-state index in [9.17, 15) is 26.4 Å². The van der Waals surface area contributed by atoms with Crippen LogP contribution in [0.2, 0.25) is 0 Å². The maximum absolute atomic E-state index is 12.6. The normalized spacial score (nSPS) is 12.8. The topological polar surface area (TPSA) is 84.9 Å². The molecule has 0 aliphatic heterocycles. The summed E-state index contributed by atoms with van der Waals surface area (Å²) in [6, 6.07) is 9.45. The molecule has 0 spiro atoms. The lowest BCUT2D eigenvalue weighted by Gasteiger charge is -2.28. The smallest absolute Gasteiger partial charge is 0.497 e. The van der Waals surface area contributed by atoms with Crippen LogP contribution in [0.4, 0.5) is 24.5 Å². The van der Waals surface area contributed by atoms with Crippen molar-refractivity contribution in [2.24, 2.45) is 0 Å². The van der Waals surface area contributed by atoms with E-state index in [1.54, 1.807) is 12.1 Å². The molecule has 7 nitrogen and oxygen atoms in total. The summed E-state index contributed by atoms with van der Waals surface area (Å²) in [5.41, 5.74) is 0.435. The lowest BCUT2D eigenvalue weighted by atomic mass is 10.2. The first-order valence-corrected chi connectivity index (χ1v) is 10.1. The van der Waals surface area contributed by atoms with Gasteiger partial charge in [-0.15, -0.1) is 13.2 Å². The fourth-order valence-corrected chi connectivity index (χ4v) is 3.70. The molecule has 29 heavy (non-hydrogen) atoms. The van der Waals surface area contributed by atoms with E-state index in [2.05, 4.69) is 10.1 Å². The number of halogens is 3. The minimum Gasteiger partial charge on any atom is -0.497 e. The van der Waals surface area contributed by atoms with E-state index in [1.807, 2.05) is 0 Å². The van der Waals surface area contributed by atoms with Crippen LogP contribution in [0, 0.1) is 0 Å². The van der Waals surface area contributed by atoms with E-state index in [4.69, 9.17) is 4.74 Å². The number of anilines is 2. The van der Waals surface area contributed by atoms with Gasteiger partial charge in [0.25, 0.3) is 0 Å². The predicted molar refractivity (Wildman–Crippen MR) is 102 cm³/mol. The largest absolute Gasteiger partial charge is 0.573 e. The van der Waals surface area contributed by atoms with Crippen molar-refractivity contribution in [3.8, 4) is 11.5 Å². The fraction of sp³-hybridized carbons (Fsp3) is 0.278. The van der Waals surface area contributed by atoms with Gasteiger partial charge in [0.15, 0.2) is 0 Å². The molecule has 0 fully saturated rings. The van der Waals surface area contributed by atoms with Gasteiger partial charge in [-0.25, -0.2) is 8.42 Å². The van der Waals surface area contributed by atoms with E-state index in [-0.39, 0.29) is 11.4 Å². The number of carbonyl (C=O) groups excluding carboxylic acids is 1. The molecule has 0 aliphatic rings. The quantitative estimate of drug-likeness (QED) is 0.725. The summed E-state index contributed by atoms with van der Waals surface area (Å²) in [5, 5.41) is 2.47. The fourth-order valence-electron chi connectivity index (χ4n) is 2.52. The molecule has 0 saturated carbocycles. The Labute approximate surface area is 166 Å². The first-order chi connectivity index (χ1) is 13.4. The molecule has 158 valence electrons. The van der Waals surface area contributed by atoms with E-state index in [0.29, 0.717) is 5.75 Å². The van der Waals surface area contributed by atoms with Gasteiger partial charge in [-0.2, -0.15) is 0 Å². The van der Waals surface area contributed by atoms with Crippen LogP contribution in [0.5, 0.6) is 11.5 Å². The Morgan fingerprint density at radius 3 is 2.00 bits per heavy atom. The number of hydrogen-bond donors (Lipinski definition) is 1. The van der Waals surface area contributed by atoms with Crippen LogP contribution < -0.4 is 19.1 Å². The second kappa shape index (κ2) is 8.60. The molecule has 0 radical (unpaired) electrons. The minimum atomic E-state index is -4.83. The summed E-state index contributed by atoms with van der Waals surface area (Å²) in [6.45, 7) is 1.39. The molecule has 1 atom stereocenters. The van der Waals surface area contributed by atoms with Gasteiger partial charge in [-0.05, 0) is 55.5 Å². The number of nitrogens with one attached hydrogen (secondary N) is 1. The number of hydrogen-bond acceptors (Lipinski definition) is 5. The van der Waals surface area contributed by atoms with Crippen molar-refractivity contribution in [3.05, 3.63) is 48.5 Å². The molecule has 2 aromatic carbocycles. The first-order valence-electron chi connectivity index (χ1n) is 8.21. The van der Waals surface area contributed by atoms with Crippen LogP contribution in [0.1, 0.15) is 6.92 Å². The number of benzene rings is 2. The molecule has 1 N–H and O–H groups in total.